The van der Waals surface area contributed by atoms with Crippen LogP contribution in [0.25, 0.3) is 0 Å². The van der Waals surface area contributed by atoms with E-state index in [1.165, 1.54) is 0 Å². The van der Waals surface area contributed by atoms with Gasteiger partial charge in [-0.05, 0) is 18.2 Å². The van der Waals surface area contributed by atoms with E-state index in [4.69, 9.17) is 27.9 Å². The number of carbonyl (C=O) groups is 2. The largest absolute Gasteiger partial charge is 0.383 e. The van der Waals surface area contributed by atoms with Crippen molar-refractivity contribution in [3.05, 3.63) is 33.8 Å². The summed E-state index contributed by atoms with van der Waals surface area (Å²) in [6, 6.07) is 4.86. The van der Waals surface area contributed by atoms with E-state index in [1.54, 1.807) is 30.2 Å². The van der Waals surface area contributed by atoms with Crippen LogP contribution in [0, 0.1) is 0 Å². The van der Waals surface area contributed by atoms with Crippen LogP contribution in [0.2, 0.25) is 10.0 Å². The fourth-order valence-electron chi connectivity index (χ4n) is 2.49. The molecule has 2 amide bonds. The molecular formula is C16H21Cl2N3O3. The van der Waals surface area contributed by atoms with Crippen LogP contribution in [0.15, 0.2) is 18.2 Å². The van der Waals surface area contributed by atoms with Gasteiger partial charge in [0.15, 0.2) is 0 Å². The van der Waals surface area contributed by atoms with Crippen molar-refractivity contribution < 1.29 is 14.3 Å². The zero-order valence-corrected chi connectivity index (χ0v) is 15.1. The molecule has 24 heavy (non-hydrogen) atoms. The number of ether oxygens (including phenoxy) is 1. The lowest BCUT2D eigenvalue weighted by molar-refractivity contribution is -0.122. The molecule has 1 aromatic rings. The van der Waals surface area contributed by atoms with Gasteiger partial charge >= 0.3 is 0 Å². The Kier molecular flexibility index (Phi) is 7.30. The van der Waals surface area contributed by atoms with Crippen LogP contribution in [-0.2, 0) is 9.53 Å². The summed E-state index contributed by atoms with van der Waals surface area (Å²) in [5.74, 6) is -0.170. The van der Waals surface area contributed by atoms with Crippen molar-refractivity contribution in [1.82, 2.24) is 15.1 Å². The Morgan fingerprint density at radius 2 is 1.92 bits per heavy atom. The van der Waals surface area contributed by atoms with Gasteiger partial charge in [0, 0.05) is 44.9 Å². The summed E-state index contributed by atoms with van der Waals surface area (Å²) < 4.78 is 4.89. The molecule has 0 saturated carbocycles. The molecule has 0 radical (unpaired) electrons. The first-order valence-corrected chi connectivity index (χ1v) is 8.49. The van der Waals surface area contributed by atoms with Crippen molar-refractivity contribution in [2.24, 2.45) is 0 Å². The molecule has 0 aliphatic carbocycles. The highest BCUT2D eigenvalue weighted by Crippen LogP contribution is 2.22. The third kappa shape index (κ3) is 5.34. The first-order chi connectivity index (χ1) is 11.5. The van der Waals surface area contributed by atoms with Gasteiger partial charge in [-0.2, -0.15) is 0 Å². The minimum absolute atomic E-state index is 0.0373. The standard InChI is InChI=1S/C16H21Cl2N3O3/c1-24-9-4-19-15(22)11-20-5-7-21(8-6-20)16(23)13-10-12(17)2-3-14(13)18/h2-3,10H,4-9,11H2,1H3,(H,19,22). The molecular weight excluding hydrogens is 353 g/mol. The Hall–Kier alpha value is -1.34. The molecule has 1 aliphatic heterocycles. The third-order valence-electron chi connectivity index (χ3n) is 3.81. The summed E-state index contributed by atoms with van der Waals surface area (Å²) in [5.41, 5.74) is 0.412. The van der Waals surface area contributed by atoms with Crippen LogP contribution in [0.1, 0.15) is 10.4 Å². The summed E-state index contributed by atoms with van der Waals surface area (Å²) in [6.45, 7) is 3.70. The van der Waals surface area contributed by atoms with Gasteiger partial charge in [0.25, 0.3) is 5.91 Å². The Balaban J connectivity index is 1.83. The maximum Gasteiger partial charge on any atom is 0.255 e. The number of halogens is 2. The van der Waals surface area contributed by atoms with E-state index in [2.05, 4.69) is 5.32 Å². The number of piperazine rings is 1. The monoisotopic (exact) mass is 373 g/mol. The number of hydrogen-bond acceptors (Lipinski definition) is 4. The number of hydrogen-bond donors (Lipinski definition) is 1. The van der Waals surface area contributed by atoms with Crippen molar-refractivity contribution in [3.8, 4) is 0 Å². The van der Waals surface area contributed by atoms with Crippen LogP contribution < -0.4 is 5.32 Å². The fraction of sp³-hybridized carbons (Fsp3) is 0.500. The maximum atomic E-state index is 12.5. The minimum Gasteiger partial charge on any atom is -0.383 e. The zero-order valence-electron chi connectivity index (χ0n) is 13.6. The molecule has 1 aromatic carbocycles. The molecule has 6 nitrogen and oxygen atoms in total. The highest BCUT2D eigenvalue weighted by atomic mass is 35.5. The lowest BCUT2D eigenvalue weighted by atomic mass is 10.1. The Labute approximate surface area is 151 Å². The topological polar surface area (TPSA) is 61.9 Å². The van der Waals surface area contributed by atoms with Crippen LogP contribution in [0.3, 0.4) is 0 Å². The van der Waals surface area contributed by atoms with Crippen LogP contribution in [-0.4, -0.2) is 74.6 Å². The van der Waals surface area contributed by atoms with Crippen molar-refractivity contribution in [3.63, 3.8) is 0 Å². The molecule has 1 N–H and O–H groups in total. The predicted octanol–water partition coefficient (Wildman–Crippen LogP) is 1.51. The summed E-state index contributed by atoms with van der Waals surface area (Å²) in [4.78, 5) is 28.1. The van der Waals surface area contributed by atoms with Gasteiger partial charge < -0.3 is 15.0 Å². The van der Waals surface area contributed by atoms with E-state index >= 15 is 0 Å². The molecule has 1 heterocycles. The lowest BCUT2D eigenvalue weighted by Crippen LogP contribution is -2.51. The minimum atomic E-state index is -0.133. The first-order valence-electron chi connectivity index (χ1n) is 7.73. The lowest BCUT2D eigenvalue weighted by Gasteiger charge is -2.34. The quantitative estimate of drug-likeness (QED) is 0.767. The molecule has 0 spiro atoms. The molecule has 1 aliphatic rings. The van der Waals surface area contributed by atoms with E-state index < -0.39 is 0 Å². The normalized spacial score (nSPS) is 15.4. The summed E-state index contributed by atoms with van der Waals surface area (Å²) in [7, 11) is 1.59. The van der Waals surface area contributed by atoms with E-state index in [-0.39, 0.29) is 11.8 Å². The van der Waals surface area contributed by atoms with E-state index in [0.717, 1.165) is 0 Å². The van der Waals surface area contributed by atoms with E-state index in [1.807, 2.05) is 4.90 Å². The Morgan fingerprint density at radius 1 is 1.21 bits per heavy atom. The van der Waals surface area contributed by atoms with Crippen molar-refractivity contribution in [2.75, 3.05) is 53.0 Å². The number of nitrogens with one attached hydrogen (secondary N) is 1. The second-order valence-electron chi connectivity index (χ2n) is 5.54. The molecule has 0 atom stereocenters. The molecule has 132 valence electrons. The number of carbonyl (C=O) groups excluding carboxylic acids is 2. The van der Waals surface area contributed by atoms with Crippen LogP contribution in [0.4, 0.5) is 0 Å². The SMILES string of the molecule is COCCNC(=O)CN1CCN(C(=O)c2cc(Cl)ccc2Cl)CC1. The fourth-order valence-corrected chi connectivity index (χ4v) is 2.86. The second kappa shape index (κ2) is 9.22. The van der Waals surface area contributed by atoms with Crippen LogP contribution in [0.5, 0.6) is 0 Å². The van der Waals surface area contributed by atoms with Crippen molar-refractivity contribution >= 4 is 35.0 Å². The highest BCUT2D eigenvalue weighted by molar-refractivity contribution is 6.35. The summed E-state index contributed by atoms with van der Waals surface area (Å²) in [6.07, 6.45) is 0. The first kappa shape index (κ1) is 19.0. The van der Waals surface area contributed by atoms with Gasteiger partial charge in [-0.3, -0.25) is 14.5 Å². The van der Waals surface area contributed by atoms with Crippen molar-refractivity contribution in [1.29, 1.82) is 0 Å². The predicted molar refractivity (Wildman–Crippen MR) is 93.7 cm³/mol. The van der Waals surface area contributed by atoms with Gasteiger partial charge in [0.05, 0.1) is 23.7 Å². The summed E-state index contributed by atoms with van der Waals surface area (Å²) >= 11 is 12.0. The molecule has 0 unspecified atom stereocenters. The number of benzene rings is 1. The molecule has 0 aromatic heterocycles. The van der Waals surface area contributed by atoms with Gasteiger partial charge in [0.2, 0.25) is 5.91 Å². The molecule has 1 saturated heterocycles. The number of rotatable bonds is 6. The van der Waals surface area contributed by atoms with Crippen molar-refractivity contribution in [2.45, 2.75) is 0 Å². The smallest absolute Gasteiger partial charge is 0.255 e. The average molecular weight is 374 g/mol. The van der Waals surface area contributed by atoms with E-state index in [9.17, 15) is 9.59 Å². The highest BCUT2D eigenvalue weighted by Gasteiger charge is 2.24. The zero-order chi connectivity index (χ0) is 17.5. The van der Waals surface area contributed by atoms with E-state index in [0.29, 0.717) is 61.5 Å². The third-order valence-corrected chi connectivity index (χ3v) is 4.38. The average Bonchev–Trinajstić information content (AvgIpc) is 2.57. The Morgan fingerprint density at radius 3 is 2.58 bits per heavy atom. The summed E-state index contributed by atoms with van der Waals surface area (Å²) in [5, 5.41) is 3.66. The van der Waals surface area contributed by atoms with Gasteiger partial charge in [-0.15, -0.1) is 0 Å². The number of methoxy groups -OCH3 is 1. The maximum absolute atomic E-state index is 12.5. The van der Waals surface area contributed by atoms with Gasteiger partial charge in [-0.25, -0.2) is 0 Å². The second-order valence-corrected chi connectivity index (χ2v) is 6.38. The number of amides is 2. The van der Waals surface area contributed by atoms with Gasteiger partial charge in [-0.1, -0.05) is 23.2 Å². The van der Waals surface area contributed by atoms with Gasteiger partial charge in [0.1, 0.15) is 0 Å². The Bertz CT molecular complexity index is 590. The van der Waals surface area contributed by atoms with Crippen LogP contribution >= 0.6 is 23.2 Å². The molecule has 1 fully saturated rings. The molecule has 2 rings (SSSR count). The molecule has 8 heteroatoms. The number of nitrogens with zero attached hydrogens (tertiary/aromatic N) is 2. The molecule has 0 bridgehead atoms.